The predicted molar refractivity (Wildman–Crippen MR) is 108 cm³/mol. The van der Waals surface area contributed by atoms with E-state index in [0.29, 0.717) is 11.1 Å². The molecule has 6 heteroatoms. The van der Waals surface area contributed by atoms with E-state index in [1.54, 1.807) is 12.1 Å². The summed E-state index contributed by atoms with van der Waals surface area (Å²) in [5.41, 5.74) is 5.18. The highest BCUT2D eigenvalue weighted by Crippen LogP contribution is 2.52. The molecule has 0 saturated heterocycles. The van der Waals surface area contributed by atoms with Crippen molar-refractivity contribution in [3.05, 3.63) is 39.8 Å². The molecular weight excluding hydrogens is 358 g/mol. The van der Waals surface area contributed by atoms with Crippen LogP contribution in [0.4, 0.5) is 0 Å². The van der Waals surface area contributed by atoms with Crippen molar-refractivity contribution >= 4 is 28.3 Å². The predicted octanol–water partition coefficient (Wildman–Crippen LogP) is 4.93. The van der Waals surface area contributed by atoms with Gasteiger partial charge in [0.1, 0.15) is 10.5 Å². The second-order valence-electron chi connectivity index (χ2n) is 8.70. The zero-order valence-electron chi connectivity index (χ0n) is 16.7. The maximum absolute atomic E-state index is 11.8. The number of carbonyl (C=O) groups is 1. The minimum atomic E-state index is -0.363. The van der Waals surface area contributed by atoms with Crippen molar-refractivity contribution in [2.75, 3.05) is 7.11 Å². The van der Waals surface area contributed by atoms with Gasteiger partial charge in [0.25, 0.3) is 0 Å². The number of hydrogen-bond acceptors (Lipinski definition) is 5. The third kappa shape index (κ3) is 2.69. The Bertz CT molecular complexity index is 1060. The molecule has 0 N–H and O–H groups in total. The molecule has 0 fully saturated rings. The van der Waals surface area contributed by atoms with Crippen LogP contribution in [0.1, 0.15) is 66.9 Å². The van der Waals surface area contributed by atoms with Gasteiger partial charge in [-0.15, -0.1) is 16.4 Å². The Morgan fingerprint density at radius 3 is 2.56 bits per heavy atom. The second kappa shape index (κ2) is 5.89. The van der Waals surface area contributed by atoms with Crippen molar-refractivity contribution in [1.82, 2.24) is 15.0 Å². The normalized spacial score (nSPS) is 17.7. The highest BCUT2D eigenvalue weighted by molar-refractivity contribution is 7.15. The van der Waals surface area contributed by atoms with Crippen molar-refractivity contribution in [3.63, 3.8) is 0 Å². The molecule has 0 radical (unpaired) electrons. The van der Waals surface area contributed by atoms with Crippen molar-refractivity contribution in [2.24, 2.45) is 0 Å². The number of hydrogen-bond donors (Lipinski definition) is 0. The molecule has 1 aromatic carbocycles. The van der Waals surface area contributed by atoms with E-state index in [1.165, 1.54) is 36.0 Å². The molecule has 2 aromatic heterocycles. The second-order valence-corrected chi connectivity index (χ2v) is 9.70. The zero-order chi connectivity index (χ0) is 19.6. The van der Waals surface area contributed by atoms with Crippen LogP contribution in [-0.4, -0.2) is 28.1 Å². The molecule has 0 aliphatic heterocycles. The van der Waals surface area contributed by atoms with Crippen LogP contribution in [0, 0.1) is 6.92 Å². The fourth-order valence-electron chi connectivity index (χ4n) is 4.18. The lowest BCUT2D eigenvalue weighted by Crippen LogP contribution is -2.32. The molecule has 0 amide bonds. The number of benzene rings is 1. The lowest BCUT2D eigenvalue weighted by atomic mass is 9.66. The fourth-order valence-corrected chi connectivity index (χ4v) is 5.76. The van der Waals surface area contributed by atoms with Gasteiger partial charge in [-0.1, -0.05) is 32.9 Å². The van der Waals surface area contributed by atoms with Gasteiger partial charge in [0.15, 0.2) is 0 Å². The van der Waals surface area contributed by atoms with Crippen LogP contribution in [0.15, 0.2) is 18.2 Å². The van der Waals surface area contributed by atoms with Gasteiger partial charge in [-0.25, -0.2) is 9.48 Å². The summed E-state index contributed by atoms with van der Waals surface area (Å²) in [7, 11) is 1.38. The number of aromatic nitrogens is 3. The Morgan fingerprint density at radius 2 is 1.89 bits per heavy atom. The average molecular weight is 384 g/mol. The Morgan fingerprint density at radius 1 is 1.19 bits per heavy atom. The summed E-state index contributed by atoms with van der Waals surface area (Å²) in [4.78, 5) is 13.2. The number of nitrogens with zero attached hydrogens (tertiary/aromatic N) is 3. The summed E-state index contributed by atoms with van der Waals surface area (Å²) in [5.74, 6) is -0.363. The fraction of sp³-hybridized carbons (Fsp3) is 0.476. The summed E-state index contributed by atoms with van der Waals surface area (Å²) in [5, 5.41) is 9.84. The van der Waals surface area contributed by atoms with E-state index in [1.807, 2.05) is 22.1 Å². The Hall–Kier alpha value is -2.21. The van der Waals surface area contributed by atoms with Crippen LogP contribution in [0.25, 0.3) is 16.0 Å². The van der Waals surface area contributed by atoms with E-state index in [-0.39, 0.29) is 16.8 Å². The van der Waals surface area contributed by atoms with E-state index < -0.39 is 0 Å². The standard InChI is InChI=1S/C21H25N3O2S/c1-12-16-17(21(4,5)10-9-20(16,2)3)27-18(12)24-15-8-7-13(19(25)26-6)11-14(15)22-23-24/h7-8,11H,9-10H2,1-6H3. The van der Waals surface area contributed by atoms with Crippen LogP contribution in [0.3, 0.4) is 0 Å². The van der Waals surface area contributed by atoms with Crippen LogP contribution >= 0.6 is 11.3 Å². The third-order valence-electron chi connectivity index (χ3n) is 5.85. The van der Waals surface area contributed by atoms with Crippen LogP contribution in [0.5, 0.6) is 0 Å². The molecule has 0 spiro atoms. The molecule has 5 nitrogen and oxygen atoms in total. The molecule has 0 bridgehead atoms. The van der Waals surface area contributed by atoms with Gasteiger partial charge < -0.3 is 4.74 Å². The number of fused-ring (bicyclic) bond motifs is 2. The number of thiophene rings is 1. The number of esters is 1. The quantitative estimate of drug-likeness (QED) is 0.589. The molecule has 0 saturated carbocycles. The van der Waals surface area contributed by atoms with Crippen LogP contribution in [-0.2, 0) is 15.6 Å². The Kier molecular flexibility index (Phi) is 3.97. The molecule has 3 aromatic rings. The monoisotopic (exact) mass is 383 g/mol. The molecule has 1 aliphatic rings. The highest BCUT2D eigenvalue weighted by Gasteiger charge is 2.41. The Labute approximate surface area is 163 Å². The van der Waals surface area contributed by atoms with Crippen molar-refractivity contribution < 1.29 is 9.53 Å². The topological polar surface area (TPSA) is 57.0 Å². The van der Waals surface area contributed by atoms with Crippen molar-refractivity contribution in [1.29, 1.82) is 0 Å². The van der Waals surface area contributed by atoms with Gasteiger partial charge in [0, 0.05) is 4.88 Å². The maximum Gasteiger partial charge on any atom is 0.337 e. The maximum atomic E-state index is 11.8. The summed E-state index contributed by atoms with van der Waals surface area (Å²) in [6.07, 6.45) is 2.37. The zero-order valence-corrected chi connectivity index (χ0v) is 17.5. The van der Waals surface area contributed by atoms with E-state index >= 15 is 0 Å². The molecule has 142 valence electrons. The first-order valence-electron chi connectivity index (χ1n) is 9.24. The number of ether oxygens (including phenoxy) is 1. The van der Waals surface area contributed by atoms with Gasteiger partial charge in [-0.2, -0.15) is 0 Å². The van der Waals surface area contributed by atoms with Crippen LogP contribution < -0.4 is 0 Å². The van der Waals surface area contributed by atoms with E-state index in [9.17, 15) is 4.79 Å². The highest BCUT2D eigenvalue weighted by atomic mass is 32.1. The smallest absolute Gasteiger partial charge is 0.337 e. The molecule has 2 heterocycles. The lowest BCUT2D eigenvalue weighted by Gasteiger charge is -2.39. The molecule has 27 heavy (non-hydrogen) atoms. The molecule has 4 rings (SSSR count). The van der Waals surface area contributed by atoms with Crippen molar-refractivity contribution in [3.8, 4) is 5.00 Å². The van der Waals surface area contributed by atoms with Gasteiger partial charge in [0.05, 0.1) is 18.2 Å². The first-order chi connectivity index (χ1) is 12.7. The van der Waals surface area contributed by atoms with E-state index in [4.69, 9.17) is 4.74 Å². The van der Waals surface area contributed by atoms with Gasteiger partial charge in [-0.05, 0) is 59.9 Å². The van der Waals surface area contributed by atoms with Gasteiger partial charge in [-0.3, -0.25) is 0 Å². The first kappa shape index (κ1) is 18.2. The van der Waals surface area contributed by atoms with Gasteiger partial charge in [0.2, 0.25) is 0 Å². The van der Waals surface area contributed by atoms with Gasteiger partial charge >= 0.3 is 5.97 Å². The summed E-state index contributed by atoms with van der Waals surface area (Å²) in [6.45, 7) is 11.6. The van der Waals surface area contributed by atoms with Crippen LogP contribution in [0.2, 0.25) is 0 Å². The number of carbonyl (C=O) groups excluding carboxylic acids is 1. The largest absolute Gasteiger partial charge is 0.465 e. The summed E-state index contributed by atoms with van der Waals surface area (Å²) >= 11 is 1.83. The average Bonchev–Trinajstić information content (AvgIpc) is 3.19. The molecule has 0 atom stereocenters. The number of rotatable bonds is 2. The summed E-state index contributed by atoms with van der Waals surface area (Å²) in [6, 6.07) is 5.40. The third-order valence-corrected chi connectivity index (χ3v) is 7.48. The van der Waals surface area contributed by atoms with E-state index in [2.05, 4.69) is 44.9 Å². The Balaban J connectivity index is 1.90. The lowest BCUT2D eigenvalue weighted by molar-refractivity contribution is 0.0601. The van der Waals surface area contributed by atoms with Crippen molar-refractivity contribution in [2.45, 2.75) is 58.3 Å². The number of methoxy groups -OCH3 is 1. The SMILES string of the molecule is COC(=O)c1ccc2c(c1)nnn2-c1sc2c(c1C)C(C)(C)CCC2(C)C. The minimum absolute atomic E-state index is 0.165. The minimum Gasteiger partial charge on any atom is -0.465 e. The summed E-state index contributed by atoms with van der Waals surface area (Å²) < 4.78 is 6.72. The molecule has 0 unspecified atom stereocenters. The first-order valence-corrected chi connectivity index (χ1v) is 10.1. The molecular formula is C21H25N3O2S. The van der Waals surface area contributed by atoms with E-state index in [0.717, 1.165) is 10.5 Å². The molecule has 1 aliphatic carbocycles.